The fraction of sp³-hybridized carbons (Fsp3) is 0.214. The highest BCUT2D eigenvalue weighted by atomic mass is 19.1. The van der Waals surface area contributed by atoms with Gasteiger partial charge in [0.1, 0.15) is 0 Å². The van der Waals surface area contributed by atoms with Crippen molar-refractivity contribution >= 4 is 0 Å². The predicted octanol–water partition coefficient (Wildman–Crippen LogP) is 2.90. The first-order chi connectivity index (χ1) is 9.26. The Balaban J connectivity index is 2.31. The number of nitrogens with zero attached hydrogens (tertiary/aromatic N) is 1. The molecule has 0 radical (unpaired) electrons. The number of rotatable bonds is 5. The van der Waals surface area contributed by atoms with E-state index in [4.69, 9.17) is 14.6 Å². The molecule has 0 saturated carbocycles. The summed E-state index contributed by atoms with van der Waals surface area (Å²) < 4.78 is 24.7. The van der Waals surface area contributed by atoms with Crippen molar-refractivity contribution in [2.24, 2.45) is 0 Å². The smallest absolute Gasteiger partial charge is 0.256 e. The van der Waals surface area contributed by atoms with E-state index in [0.29, 0.717) is 18.1 Å². The first-order valence-corrected chi connectivity index (χ1v) is 5.90. The lowest BCUT2D eigenvalue weighted by molar-refractivity contribution is 0.272. The van der Waals surface area contributed by atoms with Crippen LogP contribution in [0.2, 0.25) is 0 Å². The topological polar surface area (TPSA) is 51.6 Å². The molecule has 100 valence electrons. The second-order valence-electron chi connectivity index (χ2n) is 3.73. The Morgan fingerprint density at radius 2 is 1.95 bits per heavy atom. The monoisotopic (exact) mass is 263 g/mol. The molecule has 1 aromatic heterocycles. The molecule has 0 spiro atoms. The van der Waals surface area contributed by atoms with Gasteiger partial charge in [0.25, 0.3) is 5.88 Å². The molecule has 4 nitrogen and oxygen atoms in total. The summed E-state index contributed by atoms with van der Waals surface area (Å²) in [5, 5.41) is 9.00. The van der Waals surface area contributed by atoms with Crippen LogP contribution < -0.4 is 9.47 Å². The molecule has 0 aliphatic carbocycles. The molecule has 0 atom stereocenters. The minimum atomic E-state index is -0.670. The number of pyridine rings is 1. The number of benzene rings is 1. The lowest BCUT2D eigenvalue weighted by atomic mass is 10.2. The van der Waals surface area contributed by atoms with Crippen molar-refractivity contribution in [3.63, 3.8) is 0 Å². The fourth-order valence-electron chi connectivity index (χ4n) is 1.57. The van der Waals surface area contributed by atoms with Gasteiger partial charge in [0.2, 0.25) is 0 Å². The van der Waals surface area contributed by atoms with E-state index >= 15 is 0 Å². The number of halogens is 1. The first-order valence-electron chi connectivity index (χ1n) is 5.90. The summed E-state index contributed by atoms with van der Waals surface area (Å²) in [7, 11) is 0. The maximum absolute atomic E-state index is 13.9. The van der Waals surface area contributed by atoms with E-state index < -0.39 is 12.4 Å². The van der Waals surface area contributed by atoms with Gasteiger partial charge in [-0.3, -0.25) is 0 Å². The minimum Gasteiger partial charge on any atom is -0.490 e. The van der Waals surface area contributed by atoms with Crippen LogP contribution in [-0.2, 0) is 6.61 Å². The van der Waals surface area contributed by atoms with E-state index in [0.717, 1.165) is 0 Å². The second-order valence-corrected chi connectivity index (χ2v) is 3.73. The van der Waals surface area contributed by atoms with Gasteiger partial charge in [-0.2, -0.15) is 0 Å². The Morgan fingerprint density at radius 3 is 2.63 bits per heavy atom. The molecule has 0 saturated heterocycles. The zero-order valence-electron chi connectivity index (χ0n) is 10.5. The Kier molecular flexibility index (Phi) is 4.30. The highest BCUT2D eigenvalue weighted by Crippen LogP contribution is 2.32. The van der Waals surface area contributed by atoms with Crippen LogP contribution in [0.25, 0.3) is 0 Å². The van der Waals surface area contributed by atoms with Crippen molar-refractivity contribution < 1.29 is 19.0 Å². The van der Waals surface area contributed by atoms with Crippen molar-refractivity contribution in [2.75, 3.05) is 6.61 Å². The van der Waals surface area contributed by atoms with Gasteiger partial charge < -0.3 is 14.6 Å². The molecule has 5 heteroatoms. The van der Waals surface area contributed by atoms with Crippen molar-refractivity contribution in [1.29, 1.82) is 0 Å². The number of hydrogen-bond donors (Lipinski definition) is 1. The summed E-state index contributed by atoms with van der Waals surface area (Å²) in [5.74, 6) is 0.0430. The number of para-hydroxylation sites is 2. The van der Waals surface area contributed by atoms with Gasteiger partial charge in [0.15, 0.2) is 17.3 Å². The Labute approximate surface area is 110 Å². The third-order valence-corrected chi connectivity index (χ3v) is 2.46. The van der Waals surface area contributed by atoms with E-state index in [1.54, 1.807) is 24.3 Å². The van der Waals surface area contributed by atoms with Crippen LogP contribution in [0.5, 0.6) is 17.4 Å². The summed E-state index contributed by atoms with van der Waals surface area (Å²) in [6.45, 7) is 1.92. The zero-order valence-corrected chi connectivity index (χ0v) is 10.5. The molecule has 0 fully saturated rings. The van der Waals surface area contributed by atoms with E-state index in [-0.39, 0.29) is 11.4 Å². The van der Waals surface area contributed by atoms with Crippen molar-refractivity contribution in [1.82, 2.24) is 4.98 Å². The summed E-state index contributed by atoms with van der Waals surface area (Å²) in [6, 6.07) is 8.35. The molecule has 1 N–H and O–H groups in total. The van der Waals surface area contributed by atoms with Gasteiger partial charge in [-0.25, -0.2) is 9.37 Å². The molecule has 0 aliphatic heterocycles. The third-order valence-electron chi connectivity index (χ3n) is 2.46. The lowest BCUT2D eigenvalue weighted by Gasteiger charge is -2.11. The second kappa shape index (κ2) is 6.15. The molecule has 1 heterocycles. The molecule has 19 heavy (non-hydrogen) atoms. The van der Waals surface area contributed by atoms with Crippen molar-refractivity contribution in [3.8, 4) is 17.4 Å². The SMILES string of the molecule is CCOc1ccccc1Oc1nccc(CO)c1F. The maximum atomic E-state index is 13.9. The molecule has 2 aromatic rings. The number of ether oxygens (including phenoxy) is 2. The van der Waals surface area contributed by atoms with Gasteiger partial charge in [0.05, 0.1) is 13.2 Å². The van der Waals surface area contributed by atoms with Crippen LogP contribution in [0.1, 0.15) is 12.5 Å². The first kappa shape index (κ1) is 13.3. The molecular formula is C14H14FNO3. The molecule has 0 aliphatic rings. The summed E-state index contributed by atoms with van der Waals surface area (Å²) in [6.07, 6.45) is 1.38. The molecule has 0 bridgehead atoms. The van der Waals surface area contributed by atoms with E-state index in [1.165, 1.54) is 12.3 Å². The number of hydrogen-bond acceptors (Lipinski definition) is 4. The summed E-state index contributed by atoms with van der Waals surface area (Å²) in [5.41, 5.74) is 0.138. The lowest BCUT2D eigenvalue weighted by Crippen LogP contribution is -1.99. The highest BCUT2D eigenvalue weighted by molar-refractivity contribution is 5.42. The van der Waals surface area contributed by atoms with Crippen molar-refractivity contribution in [3.05, 3.63) is 47.9 Å². The molecular weight excluding hydrogens is 249 g/mol. The van der Waals surface area contributed by atoms with Gasteiger partial charge in [-0.15, -0.1) is 0 Å². The van der Waals surface area contributed by atoms with Gasteiger partial charge >= 0.3 is 0 Å². The van der Waals surface area contributed by atoms with Crippen LogP contribution in [0, 0.1) is 5.82 Å². The fourth-order valence-corrected chi connectivity index (χ4v) is 1.57. The molecule has 0 amide bonds. The number of aliphatic hydroxyl groups excluding tert-OH is 1. The zero-order chi connectivity index (χ0) is 13.7. The average Bonchev–Trinajstić information content (AvgIpc) is 2.43. The third kappa shape index (κ3) is 3.00. The summed E-state index contributed by atoms with van der Waals surface area (Å²) in [4.78, 5) is 3.82. The van der Waals surface area contributed by atoms with Crippen molar-refractivity contribution in [2.45, 2.75) is 13.5 Å². The van der Waals surface area contributed by atoms with Crippen LogP contribution in [0.4, 0.5) is 4.39 Å². The average molecular weight is 263 g/mol. The van der Waals surface area contributed by atoms with Gasteiger partial charge in [0, 0.05) is 11.8 Å². The van der Waals surface area contributed by atoms with E-state index in [2.05, 4.69) is 4.98 Å². The molecule has 2 rings (SSSR count). The largest absolute Gasteiger partial charge is 0.490 e. The van der Waals surface area contributed by atoms with Gasteiger partial charge in [-0.1, -0.05) is 12.1 Å². The number of aliphatic hydroxyl groups is 1. The van der Waals surface area contributed by atoms with Crippen LogP contribution >= 0.6 is 0 Å². The number of aromatic nitrogens is 1. The molecule has 1 aromatic carbocycles. The maximum Gasteiger partial charge on any atom is 0.256 e. The van der Waals surface area contributed by atoms with Crippen LogP contribution in [0.15, 0.2) is 36.5 Å². The van der Waals surface area contributed by atoms with Gasteiger partial charge in [-0.05, 0) is 25.1 Å². The highest BCUT2D eigenvalue weighted by Gasteiger charge is 2.13. The quantitative estimate of drug-likeness (QED) is 0.901. The normalized spacial score (nSPS) is 10.3. The van der Waals surface area contributed by atoms with E-state index in [1.807, 2.05) is 6.92 Å². The van der Waals surface area contributed by atoms with Crippen LogP contribution in [-0.4, -0.2) is 16.7 Å². The van der Waals surface area contributed by atoms with E-state index in [9.17, 15) is 4.39 Å². The standard InChI is InChI=1S/C14H14FNO3/c1-2-18-11-5-3-4-6-12(11)19-14-13(15)10(9-17)7-8-16-14/h3-8,17H,2,9H2,1H3. The Bertz CT molecular complexity index is 560. The Morgan fingerprint density at radius 1 is 1.21 bits per heavy atom. The minimum absolute atomic E-state index is 0.138. The molecule has 0 unspecified atom stereocenters. The summed E-state index contributed by atoms with van der Waals surface area (Å²) >= 11 is 0. The van der Waals surface area contributed by atoms with Crippen LogP contribution in [0.3, 0.4) is 0 Å². The Hall–Kier alpha value is -2.14. The predicted molar refractivity (Wildman–Crippen MR) is 67.8 cm³/mol.